The molecule has 1 fully saturated rings. The summed E-state index contributed by atoms with van der Waals surface area (Å²) in [5, 5.41) is 6.44. The molecule has 3 aromatic rings. The highest BCUT2D eigenvalue weighted by Crippen LogP contribution is 2.36. The van der Waals surface area contributed by atoms with Gasteiger partial charge in [0.25, 0.3) is 5.91 Å². The average molecular weight is 624 g/mol. The number of amides is 4. The molecule has 0 bridgehead atoms. The fourth-order valence-electron chi connectivity index (χ4n) is 3.54. The van der Waals surface area contributed by atoms with Crippen LogP contribution in [0, 0.1) is 6.92 Å². The lowest BCUT2D eigenvalue weighted by Gasteiger charge is -2.13. The van der Waals surface area contributed by atoms with Gasteiger partial charge in [-0.3, -0.25) is 9.59 Å². The Labute approximate surface area is 236 Å². The van der Waals surface area contributed by atoms with Gasteiger partial charge in [-0.05, 0) is 76.5 Å². The summed E-state index contributed by atoms with van der Waals surface area (Å²) < 4.78 is 6.37. The van der Waals surface area contributed by atoms with Crippen LogP contribution in [-0.2, 0) is 16.2 Å². The van der Waals surface area contributed by atoms with E-state index < -0.39 is 24.4 Å². The molecule has 1 heterocycles. The zero-order chi connectivity index (χ0) is 26.7. The molecule has 37 heavy (non-hydrogen) atoms. The molecule has 1 aliphatic rings. The van der Waals surface area contributed by atoms with Crippen LogP contribution < -0.4 is 15.4 Å². The van der Waals surface area contributed by atoms with Crippen LogP contribution in [0.25, 0.3) is 6.08 Å². The minimum atomic E-state index is -0.694. The van der Waals surface area contributed by atoms with Crippen molar-refractivity contribution >= 4 is 80.3 Å². The van der Waals surface area contributed by atoms with Crippen LogP contribution in [0.1, 0.15) is 16.7 Å². The topological polar surface area (TPSA) is 87.7 Å². The summed E-state index contributed by atoms with van der Waals surface area (Å²) in [7, 11) is 0. The van der Waals surface area contributed by atoms with Gasteiger partial charge in [-0.2, -0.15) is 0 Å². The van der Waals surface area contributed by atoms with Crippen LogP contribution in [0.4, 0.5) is 10.5 Å². The van der Waals surface area contributed by atoms with Crippen molar-refractivity contribution in [1.29, 1.82) is 0 Å². The molecule has 0 unspecified atom stereocenters. The van der Waals surface area contributed by atoms with Crippen LogP contribution in [-0.4, -0.2) is 29.3 Å². The standard InChI is InChI=1S/C26H19BrCl3N3O4/c1-14-3-2-4-18(7-14)31-23(34)12-33-25(35)22(32-26(33)36)10-15-8-19(27)24(21(30)9-15)37-13-16-5-6-17(28)11-20(16)29/h2-11H,12-13H2,1H3,(H,31,34)(H,32,36)/b22-10+. The highest BCUT2D eigenvalue weighted by Gasteiger charge is 2.35. The lowest BCUT2D eigenvalue weighted by molar-refractivity contribution is -0.127. The van der Waals surface area contributed by atoms with Gasteiger partial charge in [0.2, 0.25) is 5.91 Å². The summed E-state index contributed by atoms with van der Waals surface area (Å²) in [6, 6.07) is 14.9. The van der Waals surface area contributed by atoms with Gasteiger partial charge in [-0.15, -0.1) is 0 Å². The molecule has 4 rings (SSSR count). The molecule has 0 radical (unpaired) electrons. The molecule has 0 spiro atoms. The zero-order valence-corrected chi connectivity index (χ0v) is 23.1. The normalized spacial score (nSPS) is 14.2. The SMILES string of the molecule is Cc1cccc(NC(=O)CN2C(=O)N/C(=C/c3cc(Cl)c(OCc4ccc(Cl)cc4Cl)c(Br)c3)C2=O)c1. The number of aryl methyl sites for hydroxylation is 1. The first-order valence-corrected chi connectivity index (χ1v) is 12.8. The molecule has 0 atom stereocenters. The van der Waals surface area contributed by atoms with Gasteiger partial charge >= 0.3 is 6.03 Å². The first-order valence-electron chi connectivity index (χ1n) is 10.9. The van der Waals surface area contributed by atoms with E-state index in [1.807, 2.05) is 13.0 Å². The van der Waals surface area contributed by atoms with E-state index in [4.69, 9.17) is 39.5 Å². The van der Waals surface area contributed by atoms with Gasteiger partial charge in [0.15, 0.2) is 5.75 Å². The van der Waals surface area contributed by atoms with E-state index in [0.29, 0.717) is 31.5 Å². The van der Waals surface area contributed by atoms with Crippen LogP contribution in [0.2, 0.25) is 15.1 Å². The van der Waals surface area contributed by atoms with E-state index >= 15 is 0 Å². The first kappa shape index (κ1) is 27.0. The van der Waals surface area contributed by atoms with Crippen molar-refractivity contribution < 1.29 is 19.1 Å². The number of anilines is 1. The predicted octanol–water partition coefficient (Wildman–Crippen LogP) is 6.83. The highest BCUT2D eigenvalue weighted by molar-refractivity contribution is 9.10. The molecule has 0 saturated carbocycles. The molecule has 190 valence electrons. The van der Waals surface area contributed by atoms with Gasteiger partial charge < -0.3 is 15.4 Å². The number of halogens is 4. The number of carbonyl (C=O) groups excluding carboxylic acids is 3. The van der Waals surface area contributed by atoms with Crippen LogP contribution in [0.3, 0.4) is 0 Å². The van der Waals surface area contributed by atoms with E-state index in [-0.39, 0.29) is 17.3 Å². The van der Waals surface area contributed by atoms with Crippen molar-refractivity contribution in [3.8, 4) is 5.75 Å². The van der Waals surface area contributed by atoms with E-state index in [1.165, 1.54) is 6.08 Å². The van der Waals surface area contributed by atoms with Crippen molar-refractivity contribution in [3.63, 3.8) is 0 Å². The molecule has 4 amide bonds. The Hall–Kier alpha value is -3.04. The van der Waals surface area contributed by atoms with E-state index in [0.717, 1.165) is 16.0 Å². The molecule has 7 nitrogen and oxygen atoms in total. The molecule has 1 aliphatic heterocycles. The number of hydrogen-bond acceptors (Lipinski definition) is 4. The molecule has 0 aromatic heterocycles. The first-order chi connectivity index (χ1) is 17.6. The Morgan fingerprint density at radius 2 is 1.86 bits per heavy atom. The number of nitrogens with one attached hydrogen (secondary N) is 2. The molecule has 1 saturated heterocycles. The predicted molar refractivity (Wildman–Crippen MR) is 148 cm³/mol. The number of carbonyl (C=O) groups is 3. The molecule has 2 N–H and O–H groups in total. The summed E-state index contributed by atoms with van der Waals surface area (Å²) in [5.41, 5.74) is 2.81. The number of urea groups is 1. The summed E-state index contributed by atoms with van der Waals surface area (Å²) in [6.45, 7) is 1.62. The maximum absolute atomic E-state index is 12.8. The van der Waals surface area contributed by atoms with Gasteiger partial charge in [0.1, 0.15) is 18.8 Å². The van der Waals surface area contributed by atoms with Gasteiger partial charge in [0, 0.05) is 21.3 Å². The Morgan fingerprint density at radius 3 is 2.57 bits per heavy atom. The summed E-state index contributed by atoms with van der Waals surface area (Å²) in [4.78, 5) is 38.4. The number of benzene rings is 3. The van der Waals surface area contributed by atoms with Crippen molar-refractivity contribution in [2.45, 2.75) is 13.5 Å². The minimum Gasteiger partial charge on any atom is -0.486 e. The number of hydrogen-bond donors (Lipinski definition) is 2. The molecular formula is C26H19BrCl3N3O4. The third kappa shape index (κ3) is 6.64. The Balaban J connectivity index is 1.44. The lowest BCUT2D eigenvalue weighted by Crippen LogP contribution is -2.38. The van der Waals surface area contributed by atoms with Crippen LogP contribution in [0.15, 0.2) is 64.8 Å². The second kappa shape index (κ2) is 11.6. The average Bonchev–Trinajstić information content (AvgIpc) is 3.07. The smallest absolute Gasteiger partial charge is 0.329 e. The summed E-state index contributed by atoms with van der Waals surface area (Å²) in [5.74, 6) is -0.746. The maximum atomic E-state index is 12.8. The number of imide groups is 1. The second-order valence-corrected chi connectivity index (χ2v) is 10.2. The second-order valence-electron chi connectivity index (χ2n) is 8.14. The van der Waals surface area contributed by atoms with Gasteiger partial charge in [-0.1, -0.05) is 53.0 Å². The largest absolute Gasteiger partial charge is 0.486 e. The summed E-state index contributed by atoms with van der Waals surface area (Å²) in [6.07, 6.45) is 1.47. The maximum Gasteiger partial charge on any atom is 0.329 e. The quantitative estimate of drug-likeness (QED) is 0.223. The molecule has 3 aromatic carbocycles. The highest BCUT2D eigenvalue weighted by atomic mass is 79.9. The van der Waals surface area contributed by atoms with Crippen LogP contribution >= 0.6 is 50.7 Å². The zero-order valence-electron chi connectivity index (χ0n) is 19.3. The molecular weight excluding hydrogens is 605 g/mol. The third-order valence-electron chi connectivity index (χ3n) is 5.28. The van der Waals surface area contributed by atoms with E-state index in [9.17, 15) is 14.4 Å². The van der Waals surface area contributed by atoms with Gasteiger partial charge in [0.05, 0.1) is 9.50 Å². The lowest BCUT2D eigenvalue weighted by atomic mass is 10.1. The van der Waals surface area contributed by atoms with Crippen molar-refractivity contribution in [2.24, 2.45) is 0 Å². The van der Waals surface area contributed by atoms with Crippen molar-refractivity contribution in [1.82, 2.24) is 10.2 Å². The Kier molecular flexibility index (Phi) is 8.44. The number of nitrogens with zero attached hydrogens (tertiary/aromatic N) is 1. The van der Waals surface area contributed by atoms with Crippen molar-refractivity contribution in [2.75, 3.05) is 11.9 Å². The Morgan fingerprint density at radius 1 is 1.08 bits per heavy atom. The molecule has 11 heteroatoms. The van der Waals surface area contributed by atoms with Crippen LogP contribution in [0.5, 0.6) is 5.75 Å². The fraction of sp³-hybridized carbons (Fsp3) is 0.115. The Bertz CT molecular complexity index is 1420. The number of ether oxygens (including phenoxy) is 1. The van der Waals surface area contributed by atoms with Crippen molar-refractivity contribution in [3.05, 3.63) is 96.5 Å². The number of rotatable bonds is 7. The van der Waals surface area contributed by atoms with E-state index in [1.54, 1.807) is 48.5 Å². The fourth-order valence-corrected chi connectivity index (χ4v) is 4.99. The third-order valence-corrected chi connectivity index (χ3v) is 6.74. The summed E-state index contributed by atoms with van der Waals surface area (Å²) >= 11 is 22.0. The van der Waals surface area contributed by atoms with E-state index in [2.05, 4.69) is 26.6 Å². The minimum absolute atomic E-state index is 0.0120. The molecule has 0 aliphatic carbocycles. The monoisotopic (exact) mass is 621 g/mol. The van der Waals surface area contributed by atoms with Gasteiger partial charge in [-0.25, -0.2) is 9.69 Å².